The standard InChI is InChI=1S/C14H22FN3O2/c1-17-6-8-18(9-7-17)16-10-12(19)11-20-14-5-3-2-4-13(14)15/h2-5,12,16,19H,6-11H2,1H3. The maximum atomic E-state index is 13.3. The van der Waals surface area contributed by atoms with Gasteiger partial charge in [0.25, 0.3) is 0 Å². The van der Waals surface area contributed by atoms with E-state index < -0.39 is 11.9 Å². The van der Waals surface area contributed by atoms with Crippen LogP contribution in [0.5, 0.6) is 5.75 Å². The Morgan fingerprint density at radius 1 is 1.30 bits per heavy atom. The Hall–Kier alpha value is -1.21. The molecule has 6 heteroatoms. The Balaban J connectivity index is 1.65. The smallest absolute Gasteiger partial charge is 0.165 e. The van der Waals surface area contributed by atoms with Crippen LogP contribution in [-0.2, 0) is 0 Å². The van der Waals surface area contributed by atoms with Gasteiger partial charge in [-0.1, -0.05) is 12.1 Å². The van der Waals surface area contributed by atoms with E-state index in [2.05, 4.69) is 22.4 Å². The van der Waals surface area contributed by atoms with E-state index in [4.69, 9.17) is 4.74 Å². The number of aliphatic hydroxyl groups excluding tert-OH is 1. The van der Waals surface area contributed by atoms with Crippen LogP contribution < -0.4 is 10.2 Å². The van der Waals surface area contributed by atoms with Gasteiger partial charge in [-0.15, -0.1) is 0 Å². The molecular formula is C14H22FN3O2. The molecule has 1 saturated heterocycles. The third-order valence-corrected chi connectivity index (χ3v) is 3.32. The van der Waals surface area contributed by atoms with E-state index in [0.29, 0.717) is 6.54 Å². The minimum absolute atomic E-state index is 0.0711. The Morgan fingerprint density at radius 3 is 2.70 bits per heavy atom. The zero-order valence-corrected chi connectivity index (χ0v) is 11.8. The maximum Gasteiger partial charge on any atom is 0.165 e. The number of hydrogen-bond donors (Lipinski definition) is 2. The molecule has 1 heterocycles. The van der Waals surface area contributed by atoms with Gasteiger partial charge in [0.1, 0.15) is 12.7 Å². The van der Waals surface area contributed by atoms with Crippen LogP contribution in [0.1, 0.15) is 0 Å². The molecule has 2 N–H and O–H groups in total. The number of halogens is 1. The summed E-state index contributed by atoms with van der Waals surface area (Å²) in [6, 6.07) is 6.20. The number of aliphatic hydroxyl groups is 1. The van der Waals surface area contributed by atoms with Crippen LogP contribution in [0.3, 0.4) is 0 Å². The second kappa shape index (κ2) is 7.54. The number of nitrogens with zero attached hydrogens (tertiary/aromatic N) is 2. The second-order valence-electron chi connectivity index (χ2n) is 5.05. The lowest BCUT2D eigenvalue weighted by molar-refractivity contribution is 0.0541. The van der Waals surface area contributed by atoms with Crippen molar-refractivity contribution in [3.05, 3.63) is 30.1 Å². The van der Waals surface area contributed by atoms with Gasteiger partial charge in [0, 0.05) is 32.7 Å². The second-order valence-corrected chi connectivity index (χ2v) is 5.05. The lowest BCUT2D eigenvalue weighted by atomic mass is 10.3. The zero-order chi connectivity index (χ0) is 14.4. The molecule has 0 bridgehead atoms. The van der Waals surface area contributed by atoms with E-state index >= 15 is 0 Å². The first-order chi connectivity index (χ1) is 9.65. The molecule has 1 aliphatic rings. The molecule has 1 aliphatic heterocycles. The highest BCUT2D eigenvalue weighted by Gasteiger charge is 2.15. The summed E-state index contributed by atoms with van der Waals surface area (Å²) in [5, 5.41) is 11.9. The first-order valence-electron chi connectivity index (χ1n) is 6.87. The first-order valence-corrected chi connectivity index (χ1v) is 6.87. The van der Waals surface area contributed by atoms with Crippen LogP contribution in [0.25, 0.3) is 0 Å². The van der Waals surface area contributed by atoms with Gasteiger partial charge in [-0.3, -0.25) is 5.43 Å². The molecule has 1 fully saturated rings. The van der Waals surface area contributed by atoms with Gasteiger partial charge >= 0.3 is 0 Å². The van der Waals surface area contributed by atoms with E-state index in [1.807, 2.05) is 0 Å². The van der Waals surface area contributed by atoms with Crippen molar-refractivity contribution >= 4 is 0 Å². The number of rotatable bonds is 6. The van der Waals surface area contributed by atoms with Gasteiger partial charge in [-0.2, -0.15) is 0 Å². The van der Waals surface area contributed by atoms with Crippen LogP contribution in [-0.4, -0.2) is 67.5 Å². The number of likely N-dealkylation sites (N-methyl/N-ethyl adjacent to an activating group) is 1. The minimum atomic E-state index is -0.672. The number of hydrazine groups is 1. The molecule has 0 spiro atoms. The molecule has 1 unspecified atom stereocenters. The van der Waals surface area contributed by atoms with Crippen molar-refractivity contribution in [2.45, 2.75) is 6.10 Å². The largest absolute Gasteiger partial charge is 0.488 e. The molecular weight excluding hydrogens is 261 g/mol. The van der Waals surface area contributed by atoms with Crippen molar-refractivity contribution in [3.8, 4) is 5.75 Å². The van der Waals surface area contributed by atoms with E-state index in [1.165, 1.54) is 6.07 Å². The highest BCUT2D eigenvalue weighted by Crippen LogP contribution is 2.15. The Bertz CT molecular complexity index is 411. The van der Waals surface area contributed by atoms with Crippen LogP contribution >= 0.6 is 0 Å². The monoisotopic (exact) mass is 283 g/mol. The van der Waals surface area contributed by atoms with Crippen molar-refractivity contribution in [1.82, 2.24) is 15.3 Å². The molecule has 5 nitrogen and oxygen atoms in total. The molecule has 0 saturated carbocycles. The zero-order valence-electron chi connectivity index (χ0n) is 11.8. The fourth-order valence-electron chi connectivity index (χ4n) is 2.01. The van der Waals surface area contributed by atoms with Gasteiger partial charge in [0.15, 0.2) is 11.6 Å². The average molecular weight is 283 g/mol. The van der Waals surface area contributed by atoms with Gasteiger partial charge in [-0.05, 0) is 19.2 Å². The van der Waals surface area contributed by atoms with Crippen molar-refractivity contribution in [1.29, 1.82) is 0 Å². The molecule has 1 aromatic rings. The van der Waals surface area contributed by atoms with Crippen LogP contribution in [0, 0.1) is 5.82 Å². The number of nitrogens with one attached hydrogen (secondary N) is 1. The highest BCUT2D eigenvalue weighted by molar-refractivity contribution is 5.23. The third kappa shape index (κ3) is 4.72. The number of para-hydroxylation sites is 1. The van der Waals surface area contributed by atoms with Crippen molar-refractivity contribution in [2.75, 3.05) is 46.4 Å². The molecule has 1 atom stereocenters. The minimum Gasteiger partial charge on any atom is -0.488 e. The van der Waals surface area contributed by atoms with E-state index in [-0.39, 0.29) is 12.4 Å². The average Bonchev–Trinajstić information content (AvgIpc) is 2.46. The first kappa shape index (κ1) is 15.2. The molecule has 20 heavy (non-hydrogen) atoms. The Kier molecular flexibility index (Phi) is 5.72. The number of ether oxygens (including phenoxy) is 1. The number of piperazine rings is 1. The normalized spacial score (nSPS) is 18.9. The summed E-state index contributed by atoms with van der Waals surface area (Å²) in [7, 11) is 2.09. The molecule has 0 amide bonds. The summed E-state index contributed by atoms with van der Waals surface area (Å²) in [6.07, 6.45) is -0.672. The van der Waals surface area contributed by atoms with Gasteiger partial charge in [0.2, 0.25) is 0 Å². The lowest BCUT2D eigenvalue weighted by Gasteiger charge is -2.33. The van der Waals surface area contributed by atoms with Gasteiger partial charge in [-0.25, -0.2) is 9.40 Å². The highest BCUT2D eigenvalue weighted by atomic mass is 19.1. The molecule has 1 aromatic carbocycles. The lowest BCUT2D eigenvalue weighted by Crippen LogP contribution is -2.52. The SMILES string of the molecule is CN1CCN(NCC(O)COc2ccccc2F)CC1. The maximum absolute atomic E-state index is 13.3. The predicted molar refractivity (Wildman–Crippen MR) is 75.0 cm³/mol. The topological polar surface area (TPSA) is 48.0 Å². The number of benzene rings is 1. The van der Waals surface area contributed by atoms with E-state index in [0.717, 1.165) is 26.2 Å². The molecule has 0 radical (unpaired) electrons. The van der Waals surface area contributed by atoms with E-state index in [9.17, 15) is 9.50 Å². The molecule has 112 valence electrons. The van der Waals surface area contributed by atoms with Crippen LogP contribution in [0.2, 0.25) is 0 Å². The summed E-state index contributed by atoms with van der Waals surface area (Å²) in [5.41, 5.74) is 3.18. The third-order valence-electron chi connectivity index (χ3n) is 3.32. The summed E-state index contributed by atoms with van der Waals surface area (Å²) in [4.78, 5) is 2.26. The quantitative estimate of drug-likeness (QED) is 0.787. The Morgan fingerprint density at radius 2 is 2.00 bits per heavy atom. The predicted octanol–water partition coefficient (Wildman–Crippen LogP) is 0.317. The fourth-order valence-corrected chi connectivity index (χ4v) is 2.01. The molecule has 0 aromatic heterocycles. The molecule has 0 aliphatic carbocycles. The van der Waals surface area contributed by atoms with E-state index in [1.54, 1.807) is 18.2 Å². The van der Waals surface area contributed by atoms with Gasteiger partial charge in [0.05, 0.1) is 0 Å². The summed E-state index contributed by atoms with van der Waals surface area (Å²) in [6.45, 7) is 4.35. The fraction of sp³-hybridized carbons (Fsp3) is 0.571. The van der Waals surface area contributed by atoms with Crippen molar-refractivity contribution in [3.63, 3.8) is 0 Å². The summed E-state index contributed by atoms with van der Waals surface area (Å²) in [5.74, 6) is -0.238. The van der Waals surface area contributed by atoms with Crippen molar-refractivity contribution in [2.24, 2.45) is 0 Å². The van der Waals surface area contributed by atoms with Crippen LogP contribution in [0.15, 0.2) is 24.3 Å². The summed E-state index contributed by atoms with van der Waals surface area (Å²) >= 11 is 0. The van der Waals surface area contributed by atoms with Crippen molar-refractivity contribution < 1.29 is 14.2 Å². The Labute approximate surface area is 118 Å². The van der Waals surface area contributed by atoms with Gasteiger partial charge < -0.3 is 14.7 Å². The summed E-state index contributed by atoms with van der Waals surface area (Å²) < 4.78 is 18.6. The number of hydrogen-bond acceptors (Lipinski definition) is 5. The molecule has 2 rings (SSSR count). The van der Waals surface area contributed by atoms with Crippen LogP contribution in [0.4, 0.5) is 4.39 Å².